The predicted octanol–water partition coefficient (Wildman–Crippen LogP) is 2.69. The summed E-state index contributed by atoms with van der Waals surface area (Å²) < 4.78 is 3.73. The van der Waals surface area contributed by atoms with E-state index in [4.69, 9.17) is 0 Å². The second-order valence-corrected chi connectivity index (χ2v) is 6.78. The second kappa shape index (κ2) is 5.05. The van der Waals surface area contributed by atoms with Crippen LogP contribution in [-0.4, -0.2) is 19.3 Å². The lowest BCUT2D eigenvalue weighted by molar-refractivity contribution is 0.339. The molecule has 1 fully saturated rings. The molecule has 0 N–H and O–H groups in total. The van der Waals surface area contributed by atoms with E-state index in [-0.39, 0.29) is 11.0 Å². The summed E-state index contributed by atoms with van der Waals surface area (Å²) in [6.07, 6.45) is 7.74. The van der Waals surface area contributed by atoms with Crippen molar-refractivity contribution in [1.29, 1.82) is 0 Å². The van der Waals surface area contributed by atoms with Gasteiger partial charge in [-0.05, 0) is 49.9 Å². The summed E-state index contributed by atoms with van der Waals surface area (Å²) in [5.41, 5.74) is 3.28. The van der Waals surface area contributed by atoms with Crippen LogP contribution in [0.25, 0.3) is 10.9 Å². The van der Waals surface area contributed by atoms with Gasteiger partial charge in [-0.2, -0.15) is 5.10 Å². The van der Waals surface area contributed by atoms with E-state index in [2.05, 4.69) is 10.1 Å². The van der Waals surface area contributed by atoms with Gasteiger partial charge in [-0.1, -0.05) is 6.07 Å². The number of nitrogens with zero attached hydrogens (tertiary/aromatic N) is 4. The summed E-state index contributed by atoms with van der Waals surface area (Å²) in [7, 11) is 0. The summed E-state index contributed by atoms with van der Waals surface area (Å²) in [6.45, 7) is 5.64. The quantitative estimate of drug-likeness (QED) is 0.744. The molecule has 1 saturated carbocycles. The highest BCUT2D eigenvalue weighted by Gasteiger charge is 2.43. The molecule has 0 spiro atoms. The summed E-state index contributed by atoms with van der Waals surface area (Å²) in [4.78, 5) is 17.4. The molecule has 2 heterocycles. The third-order valence-corrected chi connectivity index (χ3v) is 5.04. The van der Waals surface area contributed by atoms with Crippen molar-refractivity contribution in [2.45, 2.75) is 39.8 Å². The molecule has 3 aromatic rings. The normalized spacial score (nSPS) is 15.9. The zero-order valence-corrected chi connectivity index (χ0v) is 13.5. The van der Waals surface area contributed by atoms with Gasteiger partial charge in [-0.15, -0.1) is 0 Å². The lowest BCUT2D eigenvalue weighted by Crippen LogP contribution is -2.27. The van der Waals surface area contributed by atoms with Gasteiger partial charge in [0.2, 0.25) is 0 Å². The zero-order valence-electron chi connectivity index (χ0n) is 13.5. The van der Waals surface area contributed by atoms with E-state index in [1.807, 2.05) is 42.9 Å². The number of aromatic nitrogens is 4. The van der Waals surface area contributed by atoms with Crippen molar-refractivity contribution >= 4 is 10.9 Å². The fourth-order valence-corrected chi connectivity index (χ4v) is 3.23. The van der Waals surface area contributed by atoms with Crippen LogP contribution in [0.1, 0.15) is 24.0 Å². The summed E-state index contributed by atoms with van der Waals surface area (Å²) in [5.74, 6) is 0. The molecule has 5 nitrogen and oxygen atoms in total. The average molecular weight is 308 g/mol. The van der Waals surface area contributed by atoms with E-state index in [1.165, 1.54) is 5.56 Å². The maximum Gasteiger partial charge on any atom is 0.261 e. The maximum atomic E-state index is 12.8. The number of hydrogen-bond donors (Lipinski definition) is 0. The Bertz CT molecular complexity index is 920. The highest BCUT2D eigenvalue weighted by molar-refractivity contribution is 5.81. The lowest BCUT2D eigenvalue weighted by atomic mass is 10.1. The van der Waals surface area contributed by atoms with Gasteiger partial charge in [0.05, 0.1) is 17.2 Å². The molecule has 118 valence electrons. The zero-order chi connectivity index (χ0) is 16.0. The molecule has 0 aliphatic heterocycles. The number of hydrogen-bond acceptors (Lipinski definition) is 3. The first kappa shape index (κ1) is 14.2. The molecule has 0 bridgehead atoms. The van der Waals surface area contributed by atoms with Crippen LogP contribution in [0.2, 0.25) is 0 Å². The molecule has 23 heavy (non-hydrogen) atoms. The van der Waals surface area contributed by atoms with Gasteiger partial charge in [0.25, 0.3) is 5.56 Å². The number of rotatable bonds is 4. The summed E-state index contributed by atoms with van der Waals surface area (Å²) in [6, 6.07) is 5.84. The Hall–Kier alpha value is -2.43. The van der Waals surface area contributed by atoms with Crippen molar-refractivity contribution in [2.24, 2.45) is 5.41 Å². The highest BCUT2D eigenvalue weighted by Crippen LogP contribution is 2.48. The Balaban J connectivity index is 1.69. The van der Waals surface area contributed by atoms with Crippen LogP contribution in [0.4, 0.5) is 0 Å². The first-order valence-corrected chi connectivity index (χ1v) is 8.01. The van der Waals surface area contributed by atoms with Gasteiger partial charge in [0.1, 0.15) is 0 Å². The third kappa shape index (κ3) is 2.46. The smallest absolute Gasteiger partial charge is 0.261 e. The van der Waals surface area contributed by atoms with Gasteiger partial charge in [0.15, 0.2) is 0 Å². The van der Waals surface area contributed by atoms with E-state index in [0.717, 1.165) is 30.5 Å². The van der Waals surface area contributed by atoms with Crippen molar-refractivity contribution in [3.05, 3.63) is 58.4 Å². The van der Waals surface area contributed by atoms with Crippen molar-refractivity contribution in [1.82, 2.24) is 19.3 Å². The van der Waals surface area contributed by atoms with Gasteiger partial charge in [0, 0.05) is 30.9 Å². The Labute approximate surface area is 134 Å². The number of aryl methyl sites for hydroxylation is 2. The monoisotopic (exact) mass is 308 g/mol. The van der Waals surface area contributed by atoms with E-state index in [9.17, 15) is 4.79 Å². The Kier molecular flexibility index (Phi) is 3.11. The van der Waals surface area contributed by atoms with Crippen molar-refractivity contribution in [3.8, 4) is 0 Å². The second-order valence-electron chi connectivity index (χ2n) is 6.78. The van der Waals surface area contributed by atoms with Crippen LogP contribution >= 0.6 is 0 Å². The van der Waals surface area contributed by atoms with Crippen LogP contribution < -0.4 is 5.56 Å². The predicted molar refractivity (Wildman–Crippen MR) is 89.4 cm³/mol. The Morgan fingerprint density at radius 3 is 2.74 bits per heavy atom. The van der Waals surface area contributed by atoms with Crippen molar-refractivity contribution < 1.29 is 0 Å². The maximum absolute atomic E-state index is 12.8. The van der Waals surface area contributed by atoms with Crippen LogP contribution in [0.5, 0.6) is 0 Å². The first-order chi connectivity index (χ1) is 11.1. The molecule has 0 unspecified atom stereocenters. The molecule has 0 amide bonds. The lowest BCUT2D eigenvalue weighted by Gasteiger charge is -2.17. The van der Waals surface area contributed by atoms with Gasteiger partial charge in [-0.25, -0.2) is 4.98 Å². The molecule has 0 atom stereocenters. The number of benzene rings is 1. The van der Waals surface area contributed by atoms with Crippen LogP contribution in [0.3, 0.4) is 0 Å². The SMILES string of the molecule is Cc1ccc2c(=O)n(CC3(Cn4cccn4)CC3)cnc2c1C. The van der Waals surface area contributed by atoms with Crippen molar-refractivity contribution in [3.63, 3.8) is 0 Å². The minimum Gasteiger partial charge on any atom is -0.298 e. The van der Waals surface area contributed by atoms with Crippen LogP contribution in [0.15, 0.2) is 41.7 Å². The van der Waals surface area contributed by atoms with Gasteiger partial charge in [-0.3, -0.25) is 14.0 Å². The van der Waals surface area contributed by atoms with Crippen molar-refractivity contribution in [2.75, 3.05) is 0 Å². The molecule has 1 aromatic carbocycles. The molecule has 2 aromatic heterocycles. The van der Waals surface area contributed by atoms with Crippen LogP contribution in [-0.2, 0) is 13.1 Å². The molecule has 5 heteroatoms. The molecule has 1 aliphatic rings. The molecular weight excluding hydrogens is 288 g/mol. The Morgan fingerprint density at radius 1 is 1.22 bits per heavy atom. The third-order valence-electron chi connectivity index (χ3n) is 5.04. The topological polar surface area (TPSA) is 52.7 Å². The number of fused-ring (bicyclic) bond motifs is 1. The van der Waals surface area contributed by atoms with E-state index in [0.29, 0.717) is 11.9 Å². The average Bonchev–Trinajstić information content (AvgIpc) is 3.08. The molecule has 0 saturated heterocycles. The largest absolute Gasteiger partial charge is 0.298 e. The van der Waals surface area contributed by atoms with Gasteiger partial charge >= 0.3 is 0 Å². The van der Waals surface area contributed by atoms with E-state index in [1.54, 1.807) is 17.1 Å². The summed E-state index contributed by atoms with van der Waals surface area (Å²) in [5, 5.41) is 5.00. The summed E-state index contributed by atoms with van der Waals surface area (Å²) >= 11 is 0. The Morgan fingerprint density at radius 2 is 2.04 bits per heavy atom. The van der Waals surface area contributed by atoms with Gasteiger partial charge < -0.3 is 0 Å². The highest BCUT2D eigenvalue weighted by atomic mass is 16.1. The molecular formula is C18H20N4O. The van der Waals surface area contributed by atoms with E-state index < -0.39 is 0 Å². The van der Waals surface area contributed by atoms with E-state index >= 15 is 0 Å². The van der Waals surface area contributed by atoms with Crippen LogP contribution in [0, 0.1) is 19.3 Å². The first-order valence-electron chi connectivity index (χ1n) is 8.01. The molecule has 0 radical (unpaired) electrons. The minimum absolute atomic E-state index is 0.0600. The standard InChI is InChI=1S/C18H20N4O/c1-13-4-5-15-16(14(13)2)19-12-21(17(15)23)10-18(6-7-18)11-22-9-3-8-20-22/h3-5,8-9,12H,6-7,10-11H2,1-2H3. The fraction of sp³-hybridized carbons (Fsp3) is 0.389. The molecule has 1 aliphatic carbocycles. The molecule has 4 rings (SSSR count). The fourth-order valence-electron chi connectivity index (χ4n) is 3.23. The minimum atomic E-state index is 0.0600.